The molecule has 0 saturated carbocycles. The average molecular weight is 511 g/mol. The minimum atomic E-state index is -0.216. The van der Waals surface area contributed by atoms with Gasteiger partial charge in [-0.2, -0.15) is 0 Å². The van der Waals surface area contributed by atoms with Crippen LogP contribution in [0.5, 0.6) is 5.75 Å². The standard InChI is InChI=1S/C33H52NO3/c1-6-8-9-10-11-12-13-14-18-23-30-24-19-20-25-32(30)37-28(3)27-36-33(35)31(7-2)34(4,5)26-29-21-16-15-17-22-29/h15-17,19-22,24-25,28,31H,6-14,18,23,26-27H2,1-5H3/q+1. The number of carbonyl (C=O) groups is 1. The van der Waals surface area contributed by atoms with Gasteiger partial charge in [0.05, 0.1) is 14.1 Å². The Morgan fingerprint density at radius 3 is 2.05 bits per heavy atom. The molecule has 2 unspecified atom stereocenters. The Kier molecular flexibility index (Phi) is 14.4. The molecule has 0 aliphatic heterocycles. The molecule has 0 radical (unpaired) electrons. The smallest absolute Gasteiger partial charge is 0.365 e. The fourth-order valence-electron chi connectivity index (χ4n) is 5.11. The lowest BCUT2D eigenvalue weighted by Crippen LogP contribution is -2.52. The van der Waals surface area contributed by atoms with Crippen LogP contribution < -0.4 is 4.74 Å². The first-order valence-corrected chi connectivity index (χ1v) is 14.6. The minimum Gasteiger partial charge on any atom is -0.487 e. The molecule has 4 nitrogen and oxygen atoms in total. The summed E-state index contributed by atoms with van der Waals surface area (Å²) >= 11 is 0. The van der Waals surface area contributed by atoms with Crippen molar-refractivity contribution in [3.63, 3.8) is 0 Å². The van der Waals surface area contributed by atoms with E-state index in [9.17, 15) is 4.79 Å². The molecule has 0 bridgehead atoms. The van der Waals surface area contributed by atoms with Gasteiger partial charge in [0.15, 0.2) is 6.04 Å². The first kappa shape index (κ1) is 30.9. The number of para-hydroxylation sites is 1. The summed E-state index contributed by atoms with van der Waals surface area (Å²) in [5.41, 5.74) is 2.47. The van der Waals surface area contributed by atoms with Crippen LogP contribution in [0.4, 0.5) is 0 Å². The molecule has 2 atom stereocenters. The third-order valence-corrected chi connectivity index (χ3v) is 7.25. The molecule has 0 fully saturated rings. The van der Waals surface area contributed by atoms with E-state index in [0.717, 1.165) is 25.1 Å². The van der Waals surface area contributed by atoms with Crippen LogP contribution in [0.15, 0.2) is 54.6 Å². The summed E-state index contributed by atoms with van der Waals surface area (Å²) in [4.78, 5) is 13.0. The van der Waals surface area contributed by atoms with E-state index in [-0.39, 0.29) is 24.7 Å². The van der Waals surface area contributed by atoms with Crippen molar-refractivity contribution >= 4 is 5.97 Å². The summed E-state index contributed by atoms with van der Waals surface area (Å²) in [5, 5.41) is 0. The van der Waals surface area contributed by atoms with Gasteiger partial charge in [0.1, 0.15) is 25.0 Å². The number of unbranched alkanes of at least 4 members (excludes halogenated alkanes) is 8. The summed E-state index contributed by atoms with van der Waals surface area (Å²) in [7, 11) is 4.20. The molecule has 0 spiro atoms. The van der Waals surface area contributed by atoms with E-state index >= 15 is 0 Å². The molecule has 0 saturated heterocycles. The number of carbonyl (C=O) groups excluding carboxylic acids is 1. The molecule has 0 aromatic heterocycles. The zero-order valence-corrected chi connectivity index (χ0v) is 24.2. The van der Waals surface area contributed by atoms with E-state index in [1.165, 1.54) is 68.9 Å². The molecule has 0 amide bonds. The Labute approximate surface area is 227 Å². The molecule has 0 N–H and O–H groups in total. The fraction of sp³-hybridized carbons (Fsp3) is 0.606. The fourth-order valence-corrected chi connectivity index (χ4v) is 5.11. The van der Waals surface area contributed by atoms with Gasteiger partial charge in [-0.15, -0.1) is 0 Å². The molecular weight excluding hydrogens is 458 g/mol. The molecule has 4 heteroatoms. The van der Waals surface area contributed by atoms with Crippen LogP contribution in [-0.2, 0) is 22.5 Å². The van der Waals surface area contributed by atoms with E-state index in [2.05, 4.69) is 52.2 Å². The second-order valence-corrected chi connectivity index (χ2v) is 11.1. The Bertz CT molecular complexity index is 880. The molecule has 206 valence electrons. The first-order chi connectivity index (χ1) is 17.9. The molecule has 2 aromatic rings. The Hall–Kier alpha value is -2.33. The van der Waals surface area contributed by atoms with Gasteiger partial charge in [-0.3, -0.25) is 0 Å². The summed E-state index contributed by atoms with van der Waals surface area (Å²) in [6.45, 7) is 7.34. The average Bonchev–Trinajstić information content (AvgIpc) is 2.88. The van der Waals surface area contributed by atoms with Gasteiger partial charge < -0.3 is 14.0 Å². The third-order valence-electron chi connectivity index (χ3n) is 7.25. The highest BCUT2D eigenvalue weighted by Gasteiger charge is 2.35. The topological polar surface area (TPSA) is 35.5 Å². The van der Waals surface area contributed by atoms with Gasteiger partial charge in [-0.25, -0.2) is 4.79 Å². The van der Waals surface area contributed by atoms with Gasteiger partial charge >= 0.3 is 5.97 Å². The highest BCUT2D eigenvalue weighted by molar-refractivity contribution is 5.74. The Morgan fingerprint density at radius 2 is 1.41 bits per heavy atom. The van der Waals surface area contributed by atoms with Crippen molar-refractivity contribution < 1.29 is 18.8 Å². The number of ether oxygens (including phenoxy) is 2. The van der Waals surface area contributed by atoms with Gasteiger partial charge in [0.2, 0.25) is 0 Å². The highest BCUT2D eigenvalue weighted by atomic mass is 16.6. The van der Waals surface area contributed by atoms with Crippen LogP contribution in [0.2, 0.25) is 0 Å². The summed E-state index contributed by atoms with van der Waals surface area (Å²) < 4.78 is 12.6. The van der Waals surface area contributed by atoms with Crippen LogP contribution in [-0.4, -0.2) is 43.3 Å². The van der Waals surface area contributed by atoms with Crippen molar-refractivity contribution in [1.29, 1.82) is 0 Å². The number of nitrogens with zero attached hydrogens (tertiary/aromatic N) is 1. The monoisotopic (exact) mass is 510 g/mol. The van der Waals surface area contributed by atoms with E-state index in [0.29, 0.717) is 4.48 Å². The maximum Gasteiger partial charge on any atom is 0.365 e. The van der Waals surface area contributed by atoms with Crippen molar-refractivity contribution in [2.24, 2.45) is 0 Å². The second-order valence-electron chi connectivity index (χ2n) is 11.1. The zero-order chi connectivity index (χ0) is 26.9. The first-order valence-electron chi connectivity index (χ1n) is 14.6. The summed E-state index contributed by atoms with van der Waals surface area (Å²) in [6.07, 6.45) is 13.5. The number of aryl methyl sites for hydroxylation is 1. The lowest BCUT2D eigenvalue weighted by atomic mass is 10.0. The maximum atomic E-state index is 13.0. The molecule has 2 rings (SSSR count). The van der Waals surface area contributed by atoms with Crippen molar-refractivity contribution in [1.82, 2.24) is 0 Å². The molecule has 0 aliphatic carbocycles. The molecular formula is C33H52NO3+. The Morgan fingerprint density at radius 1 is 0.811 bits per heavy atom. The lowest BCUT2D eigenvalue weighted by Gasteiger charge is -2.36. The number of quaternary nitrogens is 1. The molecule has 2 aromatic carbocycles. The maximum absolute atomic E-state index is 13.0. The van der Waals surface area contributed by atoms with Crippen LogP contribution in [0, 0.1) is 0 Å². The van der Waals surface area contributed by atoms with E-state index in [1.807, 2.05) is 37.3 Å². The van der Waals surface area contributed by atoms with Gasteiger partial charge in [-0.1, -0.05) is 114 Å². The van der Waals surface area contributed by atoms with Gasteiger partial charge in [0.25, 0.3) is 0 Å². The predicted molar refractivity (Wildman–Crippen MR) is 155 cm³/mol. The predicted octanol–water partition coefficient (Wildman–Crippen LogP) is 8.13. The van der Waals surface area contributed by atoms with Crippen molar-refractivity contribution in [3.8, 4) is 5.75 Å². The quantitative estimate of drug-likeness (QED) is 0.109. The number of esters is 1. The SMILES string of the molecule is CCCCCCCCCCCc1ccccc1OC(C)COC(=O)C(CC)[N+](C)(C)Cc1ccccc1. The summed E-state index contributed by atoms with van der Waals surface area (Å²) in [5.74, 6) is 0.764. The number of rotatable bonds is 19. The Balaban J connectivity index is 1.77. The highest BCUT2D eigenvalue weighted by Crippen LogP contribution is 2.23. The summed E-state index contributed by atoms with van der Waals surface area (Å²) in [6, 6.07) is 18.4. The van der Waals surface area contributed by atoms with E-state index < -0.39 is 0 Å². The third kappa shape index (κ3) is 11.7. The lowest BCUT2D eigenvalue weighted by molar-refractivity contribution is -0.919. The van der Waals surface area contributed by atoms with Crippen LogP contribution in [0.1, 0.15) is 96.1 Å². The normalized spacial score (nSPS) is 13.2. The van der Waals surface area contributed by atoms with Gasteiger partial charge in [-0.05, 0) is 31.4 Å². The van der Waals surface area contributed by atoms with Crippen molar-refractivity contribution in [3.05, 3.63) is 65.7 Å². The van der Waals surface area contributed by atoms with Crippen LogP contribution in [0.3, 0.4) is 0 Å². The van der Waals surface area contributed by atoms with Gasteiger partial charge in [0, 0.05) is 12.0 Å². The minimum absolute atomic E-state index is 0.151. The largest absolute Gasteiger partial charge is 0.487 e. The molecule has 0 heterocycles. The number of benzene rings is 2. The number of likely N-dealkylation sites (N-methyl/N-ethyl adjacent to an activating group) is 1. The van der Waals surface area contributed by atoms with E-state index in [4.69, 9.17) is 9.47 Å². The van der Waals surface area contributed by atoms with Crippen molar-refractivity contribution in [2.75, 3.05) is 20.7 Å². The van der Waals surface area contributed by atoms with Crippen LogP contribution >= 0.6 is 0 Å². The number of hydrogen-bond donors (Lipinski definition) is 0. The molecule has 37 heavy (non-hydrogen) atoms. The van der Waals surface area contributed by atoms with E-state index in [1.54, 1.807) is 0 Å². The second kappa shape index (κ2) is 17.2. The van der Waals surface area contributed by atoms with Crippen LogP contribution in [0.25, 0.3) is 0 Å². The zero-order valence-electron chi connectivity index (χ0n) is 24.2. The molecule has 0 aliphatic rings. The van der Waals surface area contributed by atoms with Crippen molar-refractivity contribution in [2.45, 2.75) is 110 Å². The number of hydrogen-bond acceptors (Lipinski definition) is 3.